The van der Waals surface area contributed by atoms with Crippen LogP contribution in [-0.2, 0) is 42.7 Å². The average Bonchev–Trinajstić information content (AvgIpc) is 3.43. The first kappa shape index (κ1) is 44.3. The lowest BCUT2D eigenvalue weighted by atomic mass is 9.78. The van der Waals surface area contributed by atoms with Crippen LogP contribution in [0.3, 0.4) is 0 Å². The van der Waals surface area contributed by atoms with Gasteiger partial charge in [-0.3, -0.25) is 9.69 Å². The van der Waals surface area contributed by atoms with Gasteiger partial charge < -0.3 is 53.2 Å². The molecule has 0 aromatic heterocycles. The zero-order valence-electron chi connectivity index (χ0n) is 35.0. The molecular formula is C40H71NO12. The van der Waals surface area contributed by atoms with E-state index in [9.17, 15) is 20.1 Å². The number of carbonyl (C=O) groups is 1. The Morgan fingerprint density at radius 1 is 0.943 bits per heavy atom. The smallest absolute Gasteiger partial charge is 0.311 e. The Kier molecular flexibility index (Phi) is 14.2. The van der Waals surface area contributed by atoms with Crippen LogP contribution in [0.25, 0.3) is 0 Å². The molecular weight excluding hydrogens is 686 g/mol. The van der Waals surface area contributed by atoms with Gasteiger partial charge in [-0.15, -0.1) is 0 Å². The van der Waals surface area contributed by atoms with E-state index >= 15 is 0 Å². The maximum atomic E-state index is 14.3. The van der Waals surface area contributed by atoms with E-state index in [0.717, 1.165) is 5.57 Å². The summed E-state index contributed by atoms with van der Waals surface area (Å²) in [6, 6.07) is -0.0583. The van der Waals surface area contributed by atoms with E-state index in [1.54, 1.807) is 27.9 Å². The van der Waals surface area contributed by atoms with Gasteiger partial charge in [-0.05, 0) is 87.8 Å². The van der Waals surface area contributed by atoms with Crippen molar-refractivity contribution in [3.8, 4) is 0 Å². The fourth-order valence-electron chi connectivity index (χ4n) is 9.23. The minimum Gasteiger partial charge on any atom is -0.489 e. The number of rotatable bonds is 9. The van der Waals surface area contributed by atoms with Crippen LogP contribution in [0.5, 0.6) is 0 Å². The number of nitrogens with zero attached hydrogens (tertiary/aromatic N) is 1. The van der Waals surface area contributed by atoms with Gasteiger partial charge >= 0.3 is 5.97 Å². The number of aliphatic hydroxyl groups excluding tert-OH is 3. The summed E-state index contributed by atoms with van der Waals surface area (Å²) in [5.74, 6) is -1.93. The summed E-state index contributed by atoms with van der Waals surface area (Å²) >= 11 is 0. The number of aliphatic hydroxyl groups is 3. The monoisotopic (exact) mass is 757 g/mol. The molecule has 13 heteroatoms. The van der Waals surface area contributed by atoms with Crippen LogP contribution in [0, 0.1) is 17.8 Å². The molecule has 0 aliphatic carbocycles. The molecule has 308 valence electrons. The molecule has 0 spiro atoms. The van der Waals surface area contributed by atoms with Crippen LogP contribution in [0.1, 0.15) is 109 Å². The molecule has 3 N–H and O–H groups in total. The third-order valence-electron chi connectivity index (χ3n) is 13.0. The zero-order chi connectivity index (χ0) is 40.0. The quantitative estimate of drug-likeness (QED) is 0.286. The van der Waals surface area contributed by atoms with Crippen LogP contribution < -0.4 is 0 Å². The lowest BCUT2D eigenvalue weighted by Gasteiger charge is -2.49. The number of hydrogen-bond acceptors (Lipinski definition) is 13. The largest absolute Gasteiger partial charge is 0.489 e. The van der Waals surface area contributed by atoms with E-state index in [0.29, 0.717) is 25.0 Å². The second kappa shape index (κ2) is 17.0. The van der Waals surface area contributed by atoms with Gasteiger partial charge in [-0.25, -0.2) is 0 Å². The fraction of sp³-hybridized carbons (Fsp3) is 0.925. The first-order chi connectivity index (χ1) is 24.6. The highest BCUT2D eigenvalue weighted by Gasteiger charge is 2.56. The molecule has 53 heavy (non-hydrogen) atoms. The SMILES string of the molecule is CC[C@H]1OC(=O)[C@H](C)[C@@H](O[C@H]2C[C@@](C)(OC)[C@@H](O)[C@H](C)O2)[C@H](C)[C@@H](O[C@@H]2O[C@H](C)C[C@H](N(C)C(C)C)[C@H]2O)[C@@]2(C)CC(C)=C(O2)[C@H](C)[C@@H](O)[C@]1(C)OC. The minimum atomic E-state index is -1.28. The van der Waals surface area contributed by atoms with Crippen LogP contribution in [0.15, 0.2) is 11.3 Å². The molecule has 0 unspecified atom stereocenters. The molecule has 4 aliphatic rings. The van der Waals surface area contributed by atoms with E-state index in [1.807, 2.05) is 55.5 Å². The van der Waals surface area contributed by atoms with E-state index < -0.39 is 95.8 Å². The Morgan fingerprint density at radius 3 is 2.15 bits per heavy atom. The summed E-state index contributed by atoms with van der Waals surface area (Å²) in [6.45, 7) is 22.9. The molecule has 13 nitrogen and oxygen atoms in total. The summed E-state index contributed by atoms with van der Waals surface area (Å²) in [5.41, 5.74) is -2.35. The first-order valence-electron chi connectivity index (χ1n) is 19.7. The van der Waals surface area contributed by atoms with Gasteiger partial charge in [-0.1, -0.05) is 20.8 Å². The lowest BCUT2D eigenvalue weighted by Crippen LogP contribution is -2.61. The molecule has 17 atom stereocenters. The van der Waals surface area contributed by atoms with E-state index in [2.05, 4.69) is 18.7 Å². The Bertz CT molecular complexity index is 1280. The van der Waals surface area contributed by atoms with Gasteiger partial charge in [0.1, 0.15) is 41.4 Å². The van der Waals surface area contributed by atoms with Crippen molar-refractivity contribution in [2.24, 2.45) is 17.8 Å². The molecule has 4 aliphatic heterocycles. The van der Waals surface area contributed by atoms with Crippen molar-refractivity contribution in [2.75, 3.05) is 21.3 Å². The minimum absolute atomic E-state index is 0.173. The molecule has 3 fully saturated rings. The van der Waals surface area contributed by atoms with Crippen molar-refractivity contribution in [3.63, 3.8) is 0 Å². The van der Waals surface area contributed by atoms with Gasteiger partial charge in [0.2, 0.25) is 0 Å². The Balaban J connectivity index is 1.86. The molecule has 2 bridgehead atoms. The molecule has 0 aromatic rings. The van der Waals surface area contributed by atoms with E-state index in [4.69, 9.17) is 37.9 Å². The Labute approximate surface area is 317 Å². The highest BCUT2D eigenvalue weighted by atomic mass is 16.7. The Hall–Kier alpha value is -1.39. The number of carbonyl (C=O) groups excluding carboxylic acids is 1. The van der Waals surface area contributed by atoms with E-state index in [1.165, 1.54) is 7.11 Å². The van der Waals surface area contributed by atoms with Crippen molar-refractivity contribution in [1.29, 1.82) is 0 Å². The molecule has 4 rings (SSSR count). The van der Waals surface area contributed by atoms with Crippen LogP contribution in [-0.4, -0.2) is 138 Å². The Morgan fingerprint density at radius 2 is 1.58 bits per heavy atom. The summed E-state index contributed by atoms with van der Waals surface area (Å²) in [6.07, 6.45) is -6.59. The highest BCUT2D eigenvalue weighted by Crippen LogP contribution is 2.48. The number of esters is 1. The topological polar surface area (TPSA) is 155 Å². The zero-order valence-corrected chi connectivity index (χ0v) is 35.0. The van der Waals surface area contributed by atoms with Crippen molar-refractivity contribution >= 4 is 5.97 Å². The predicted octanol–water partition coefficient (Wildman–Crippen LogP) is 4.33. The molecule has 0 amide bonds. The van der Waals surface area contributed by atoms with Crippen molar-refractivity contribution in [3.05, 3.63) is 11.3 Å². The second-order valence-electron chi connectivity index (χ2n) is 17.3. The third kappa shape index (κ3) is 8.65. The predicted molar refractivity (Wildman–Crippen MR) is 198 cm³/mol. The number of likely N-dealkylation sites (N-methyl/N-ethyl adjacent to an activating group) is 1. The first-order valence-corrected chi connectivity index (χ1v) is 19.7. The molecule has 0 radical (unpaired) electrons. The number of methoxy groups -OCH3 is 2. The molecule has 0 aromatic carbocycles. The summed E-state index contributed by atoms with van der Waals surface area (Å²) < 4.78 is 51.4. The summed E-state index contributed by atoms with van der Waals surface area (Å²) in [7, 11) is 5.05. The van der Waals surface area contributed by atoms with Gasteiger partial charge in [0.25, 0.3) is 0 Å². The lowest BCUT2D eigenvalue weighted by molar-refractivity contribution is -0.317. The summed E-state index contributed by atoms with van der Waals surface area (Å²) in [5, 5.41) is 34.8. The van der Waals surface area contributed by atoms with Crippen molar-refractivity contribution in [2.45, 2.75) is 199 Å². The van der Waals surface area contributed by atoms with Gasteiger partial charge in [0.15, 0.2) is 12.6 Å². The van der Waals surface area contributed by atoms with Gasteiger partial charge in [-0.2, -0.15) is 0 Å². The fourth-order valence-corrected chi connectivity index (χ4v) is 9.23. The molecule has 0 saturated carbocycles. The van der Waals surface area contributed by atoms with Crippen molar-refractivity contribution < 1.29 is 58.0 Å². The maximum absolute atomic E-state index is 14.3. The van der Waals surface area contributed by atoms with Gasteiger partial charge in [0, 0.05) is 51.0 Å². The number of cyclic esters (lactones) is 1. The number of ether oxygens (including phenoxy) is 8. The average molecular weight is 758 g/mol. The van der Waals surface area contributed by atoms with Crippen LogP contribution in [0.2, 0.25) is 0 Å². The third-order valence-corrected chi connectivity index (χ3v) is 13.0. The maximum Gasteiger partial charge on any atom is 0.311 e. The van der Waals surface area contributed by atoms with Gasteiger partial charge in [0.05, 0.1) is 35.9 Å². The van der Waals surface area contributed by atoms with E-state index in [-0.39, 0.29) is 24.6 Å². The molecule has 3 saturated heterocycles. The number of fused-ring (bicyclic) bond motifs is 2. The van der Waals surface area contributed by atoms with Crippen molar-refractivity contribution in [1.82, 2.24) is 4.90 Å². The second-order valence-corrected chi connectivity index (χ2v) is 17.3. The highest BCUT2D eigenvalue weighted by molar-refractivity contribution is 5.73. The molecule has 4 heterocycles. The summed E-state index contributed by atoms with van der Waals surface area (Å²) in [4.78, 5) is 16.5. The standard InChI is InChI=1S/C40H71NO12/c1-16-28-40(12,47-15)33(43)23(6)31-21(4)18-39(11,53-31)35(52-37-30(42)27(17-22(5)48-37)41(13)20(2)3)24(7)32(25(8)36(45)50-28)51-29-19-38(10,46-14)34(44)26(9)49-29/h20,22-30,32-35,37,42-44H,16-19H2,1-15H3/t22-,23+,24+,25-,26+,27+,28-,29+,30-,32+,33-,34+,35-,37+,38-,39-,40-/m1/s1. The van der Waals surface area contributed by atoms with Crippen LogP contribution >= 0.6 is 0 Å². The number of hydrogen-bond donors (Lipinski definition) is 3. The van der Waals surface area contributed by atoms with Crippen LogP contribution in [0.4, 0.5) is 0 Å². The normalized spacial score (nSPS) is 47.5.